The van der Waals surface area contributed by atoms with Crippen LogP contribution in [0.15, 0.2) is 24.3 Å². The number of rotatable bonds is 3. The second-order valence-electron chi connectivity index (χ2n) is 6.92. The molecular formula is C20H22N2O2. The molecule has 4 nitrogen and oxygen atoms in total. The van der Waals surface area contributed by atoms with E-state index >= 15 is 0 Å². The highest BCUT2D eigenvalue weighted by atomic mass is 16.3. The van der Waals surface area contributed by atoms with E-state index < -0.39 is 6.04 Å². The molecule has 1 aromatic rings. The van der Waals surface area contributed by atoms with Crippen LogP contribution < -0.4 is 0 Å². The summed E-state index contributed by atoms with van der Waals surface area (Å²) in [6, 6.07) is 9.27. The number of likely N-dealkylation sites (tertiary alicyclic amines) is 1. The lowest BCUT2D eigenvalue weighted by Crippen LogP contribution is -2.65. The summed E-state index contributed by atoms with van der Waals surface area (Å²) >= 11 is 0. The van der Waals surface area contributed by atoms with E-state index in [9.17, 15) is 15.2 Å². The van der Waals surface area contributed by atoms with Gasteiger partial charge in [0, 0.05) is 23.3 Å². The summed E-state index contributed by atoms with van der Waals surface area (Å²) in [5.41, 5.74) is 1.92. The minimum atomic E-state index is -0.483. The molecule has 0 bridgehead atoms. The molecule has 0 aromatic heterocycles. The Morgan fingerprint density at radius 3 is 2.50 bits per heavy atom. The van der Waals surface area contributed by atoms with Crippen molar-refractivity contribution < 1.29 is 9.90 Å². The highest BCUT2D eigenvalue weighted by molar-refractivity contribution is 5.83. The lowest BCUT2D eigenvalue weighted by Gasteiger charge is -2.51. The molecule has 1 aliphatic heterocycles. The first-order valence-corrected chi connectivity index (χ1v) is 8.51. The van der Waals surface area contributed by atoms with Crippen LogP contribution in [0.3, 0.4) is 0 Å². The van der Waals surface area contributed by atoms with Crippen molar-refractivity contribution in [2.24, 2.45) is 11.8 Å². The summed E-state index contributed by atoms with van der Waals surface area (Å²) in [5, 5.41) is 19.2. The molecule has 3 rings (SSSR count). The number of amides is 1. The number of hydrogen-bond acceptors (Lipinski definition) is 3. The molecule has 1 aliphatic carbocycles. The Morgan fingerprint density at radius 1 is 1.33 bits per heavy atom. The normalized spacial score (nSPS) is 25.5. The van der Waals surface area contributed by atoms with Gasteiger partial charge >= 0.3 is 0 Å². The van der Waals surface area contributed by atoms with Gasteiger partial charge in [-0.15, -0.1) is 0 Å². The Bertz CT molecular complexity index is 717. The Kier molecular flexibility index (Phi) is 4.60. The maximum atomic E-state index is 12.4. The van der Waals surface area contributed by atoms with Crippen LogP contribution in [0.1, 0.15) is 43.7 Å². The predicted molar refractivity (Wildman–Crippen MR) is 90.7 cm³/mol. The van der Waals surface area contributed by atoms with Crippen molar-refractivity contribution in [2.75, 3.05) is 6.61 Å². The molecule has 4 heteroatoms. The molecule has 0 spiro atoms. The van der Waals surface area contributed by atoms with Gasteiger partial charge in [-0.25, -0.2) is 0 Å². The van der Waals surface area contributed by atoms with Gasteiger partial charge in [0.15, 0.2) is 0 Å². The van der Waals surface area contributed by atoms with Gasteiger partial charge in [0.2, 0.25) is 5.91 Å². The van der Waals surface area contributed by atoms with Crippen LogP contribution in [0.25, 0.3) is 0 Å². The smallest absolute Gasteiger partial charge is 0.227 e. The molecule has 2 aliphatic rings. The number of nitriles is 1. The molecular weight excluding hydrogens is 300 g/mol. The molecule has 3 atom stereocenters. The standard InChI is InChI=1S/C20H22N2O2/c1-13(2)3-4-14-5-7-15(8-6-14)19-17(11-21)22(18(19)12-23)20(24)16-9-10-16/h5-8,13,16-19,23H,9-10,12H2,1-2H3/t17-,18+,19-/m1/s1. The van der Waals surface area contributed by atoms with Crippen LogP contribution in [-0.4, -0.2) is 34.6 Å². The van der Waals surface area contributed by atoms with E-state index in [0.717, 1.165) is 24.0 Å². The van der Waals surface area contributed by atoms with Gasteiger partial charge in [-0.3, -0.25) is 4.79 Å². The van der Waals surface area contributed by atoms with E-state index in [2.05, 4.69) is 17.9 Å². The molecule has 1 N–H and O–H groups in total. The van der Waals surface area contributed by atoms with E-state index in [1.165, 1.54) is 0 Å². The van der Waals surface area contributed by atoms with E-state index in [1.807, 2.05) is 38.1 Å². The predicted octanol–water partition coefficient (Wildman–Crippen LogP) is 2.28. The summed E-state index contributed by atoms with van der Waals surface area (Å²) in [4.78, 5) is 13.9. The number of aliphatic hydroxyl groups is 1. The molecule has 1 amide bonds. The number of carbonyl (C=O) groups is 1. The first-order chi connectivity index (χ1) is 11.6. The highest BCUT2D eigenvalue weighted by Crippen LogP contribution is 2.44. The van der Waals surface area contributed by atoms with Crippen LogP contribution in [0, 0.1) is 35.0 Å². The summed E-state index contributed by atoms with van der Waals surface area (Å²) in [6.07, 6.45) is 1.80. The van der Waals surface area contributed by atoms with Crippen molar-refractivity contribution in [3.63, 3.8) is 0 Å². The van der Waals surface area contributed by atoms with Crippen molar-refractivity contribution in [2.45, 2.75) is 44.7 Å². The van der Waals surface area contributed by atoms with Crippen molar-refractivity contribution in [3.05, 3.63) is 35.4 Å². The molecule has 1 saturated carbocycles. The minimum absolute atomic E-state index is 0.0243. The number of carbonyl (C=O) groups excluding carboxylic acids is 1. The van der Waals surface area contributed by atoms with Gasteiger partial charge in [-0.1, -0.05) is 37.8 Å². The van der Waals surface area contributed by atoms with Crippen molar-refractivity contribution in [1.82, 2.24) is 4.90 Å². The Morgan fingerprint density at radius 2 is 2.00 bits per heavy atom. The summed E-state index contributed by atoms with van der Waals surface area (Å²) < 4.78 is 0. The fourth-order valence-electron chi connectivity index (χ4n) is 3.27. The van der Waals surface area contributed by atoms with Crippen LogP contribution >= 0.6 is 0 Å². The average molecular weight is 322 g/mol. The lowest BCUT2D eigenvalue weighted by molar-refractivity contribution is -0.148. The zero-order chi connectivity index (χ0) is 17.3. The summed E-state index contributed by atoms with van der Waals surface area (Å²) in [5.74, 6) is 6.52. The molecule has 124 valence electrons. The second-order valence-corrected chi connectivity index (χ2v) is 6.92. The Labute approximate surface area is 143 Å². The van der Waals surface area contributed by atoms with Gasteiger partial charge in [-0.2, -0.15) is 5.26 Å². The third-order valence-corrected chi connectivity index (χ3v) is 4.71. The quantitative estimate of drug-likeness (QED) is 0.868. The molecule has 1 saturated heterocycles. The zero-order valence-corrected chi connectivity index (χ0v) is 14.1. The van der Waals surface area contributed by atoms with E-state index in [1.54, 1.807) is 4.90 Å². The van der Waals surface area contributed by atoms with Gasteiger partial charge in [0.25, 0.3) is 0 Å². The first-order valence-electron chi connectivity index (χ1n) is 8.51. The Hall–Kier alpha value is -2.30. The van der Waals surface area contributed by atoms with Crippen LogP contribution in [-0.2, 0) is 4.79 Å². The van der Waals surface area contributed by atoms with E-state index in [4.69, 9.17) is 0 Å². The van der Waals surface area contributed by atoms with Crippen molar-refractivity contribution >= 4 is 5.91 Å². The van der Waals surface area contributed by atoms with Gasteiger partial charge in [-0.05, 0) is 30.5 Å². The molecule has 1 aromatic carbocycles. The molecule has 1 heterocycles. The molecule has 0 radical (unpaired) electrons. The maximum absolute atomic E-state index is 12.4. The number of benzene rings is 1. The molecule has 2 fully saturated rings. The van der Waals surface area contributed by atoms with Gasteiger partial charge in [0.1, 0.15) is 6.04 Å². The highest BCUT2D eigenvalue weighted by Gasteiger charge is 2.53. The fourth-order valence-corrected chi connectivity index (χ4v) is 3.27. The first kappa shape index (κ1) is 16.6. The van der Waals surface area contributed by atoms with E-state index in [-0.39, 0.29) is 30.4 Å². The summed E-state index contributed by atoms with van der Waals surface area (Å²) in [6.45, 7) is 3.98. The topological polar surface area (TPSA) is 64.3 Å². The molecule has 0 unspecified atom stereocenters. The minimum Gasteiger partial charge on any atom is -0.394 e. The fraction of sp³-hybridized carbons (Fsp3) is 0.500. The lowest BCUT2D eigenvalue weighted by atomic mass is 9.75. The van der Waals surface area contributed by atoms with Crippen LogP contribution in [0.2, 0.25) is 0 Å². The second kappa shape index (κ2) is 6.67. The number of nitrogens with zero attached hydrogens (tertiary/aromatic N) is 2. The molecule has 24 heavy (non-hydrogen) atoms. The van der Waals surface area contributed by atoms with Crippen LogP contribution in [0.4, 0.5) is 0 Å². The van der Waals surface area contributed by atoms with Crippen molar-refractivity contribution in [3.8, 4) is 17.9 Å². The van der Waals surface area contributed by atoms with E-state index in [0.29, 0.717) is 5.92 Å². The van der Waals surface area contributed by atoms with Gasteiger partial charge < -0.3 is 10.0 Å². The maximum Gasteiger partial charge on any atom is 0.227 e. The zero-order valence-electron chi connectivity index (χ0n) is 14.1. The Balaban J connectivity index is 1.79. The van der Waals surface area contributed by atoms with Gasteiger partial charge in [0.05, 0.1) is 18.7 Å². The monoisotopic (exact) mass is 322 g/mol. The average Bonchev–Trinajstić information content (AvgIpc) is 3.38. The van der Waals surface area contributed by atoms with Crippen molar-refractivity contribution in [1.29, 1.82) is 5.26 Å². The largest absolute Gasteiger partial charge is 0.394 e. The van der Waals surface area contributed by atoms with Crippen LogP contribution in [0.5, 0.6) is 0 Å². The third-order valence-electron chi connectivity index (χ3n) is 4.71. The number of hydrogen-bond donors (Lipinski definition) is 1. The summed E-state index contributed by atoms with van der Waals surface area (Å²) in [7, 11) is 0. The SMILES string of the molecule is CC(C)C#Cc1ccc([C@@H]2[C@@H](C#N)N(C(=O)C3CC3)[C@H]2CO)cc1. The third kappa shape index (κ3) is 3.03. The number of aliphatic hydroxyl groups excluding tert-OH is 1.